The van der Waals surface area contributed by atoms with Gasteiger partial charge in [-0.25, -0.2) is 4.39 Å². The monoisotopic (exact) mass is 205 g/mol. The van der Waals surface area contributed by atoms with Crippen LogP contribution in [0.5, 0.6) is 0 Å². The second-order valence-electron chi connectivity index (χ2n) is 3.56. The molecule has 0 radical (unpaired) electrons. The Bertz CT molecular complexity index is 482. The first-order valence-corrected chi connectivity index (χ1v) is 4.67. The van der Waals surface area contributed by atoms with Crippen LogP contribution >= 0.6 is 0 Å². The lowest BCUT2D eigenvalue weighted by molar-refractivity contribution is 0.636. The Hall–Kier alpha value is -1.84. The minimum Gasteiger partial charge on any atom is -0.380 e. The van der Waals surface area contributed by atoms with E-state index < -0.39 is 5.82 Å². The molecule has 0 aliphatic carbocycles. The first-order valence-electron chi connectivity index (χ1n) is 4.67. The molecule has 15 heavy (non-hydrogen) atoms. The molecule has 0 bridgehead atoms. The number of rotatable bonds is 1. The van der Waals surface area contributed by atoms with Gasteiger partial charge in [0, 0.05) is 5.56 Å². The van der Waals surface area contributed by atoms with Gasteiger partial charge in [0.05, 0.1) is 0 Å². The van der Waals surface area contributed by atoms with Crippen LogP contribution in [-0.4, -0.2) is 10.2 Å². The molecule has 0 aliphatic heterocycles. The number of aromatic nitrogens is 2. The number of nitrogens with zero attached hydrogens (tertiary/aromatic N) is 1. The summed E-state index contributed by atoms with van der Waals surface area (Å²) in [4.78, 5) is 0. The molecule has 3 N–H and O–H groups in total. The number of nitrogens with two attached hydrogens (primary N) is 1. The Morgan fingerprint density at radius 1 is 1.27 bits per heavy atom. The number of hydrogen-bond acceptors (Lipinski definition) is 2. The van der Waals surface area contributed by atoms with Crippen molar-refractivity contribution in [3.8, 4) is 11.3 Å². The van der Waals surface area contributed by atoms with Crippen LogP contribution in [0.4, 0.5) is 10.2 Å². The molecule has 0 amide bonds. The lowest BCUT2D eigenvalue weighted by Crippen LogP contribution is -1.91. The molecule has 0 fully saturated rings. The van der Waals surface area contributed by atoms with E-state index in [1.54, 1.807) is 0 Å². The van der Waals surface area contributed by atoms with Crippen molar-refractivity contribution >= 4 is 5.82 Å². The molecule has 1 heterocycles. The number of benzene rings is 1. The minimum absolute atomic E-state index is 0.0901. The Kier molecular flexibility index (Phi) is 2.19. The number of aromatic amines is 1. The van der Waals surface area contributed by atoms with Gasteiger partial charge < -0.3 is 5.73 Å². The Balaban J connectivity index is 2.69. The molecule has 0 unspecified atom stereocenters. The van der Waals surface area contributed by atoms with E-state index in [4.69, 9.17) is 5.73 Å². The zero-order chi connectivity index (χ0) is 11.0. The number of halogens is 1. The lowest BCUT2D eigenvalue weighted by atomic mass is 10.00. The van der Waals surface area contributed by atoms with E-state index in [0.29, 0.717) is 5.69 Å². The molecule has 1 aromatic heterocycles. The van der Waals surface area contributed by atoms with Gasteiger partial charge in [0.1, 0.15) is 5.69 Å². The number of hydrogen-bond donors (Lipinski definition) is 2. The van der Waals surface area contributed by atoms with Crippen LogP contribution in [0.2, 0.25) is 0 Å². The van der Waals surface area contributed by atoms with Crippen molar-refractivity contribution in [1.29, 1.82) is 0 Å². The molecule has 2 rings (SSSR count). The summed E-state index contributed by atoms with van der Waals surface area (Å²) < 4.78 is 13.6. The predicted molar refractivity (Wildman–Crippen MR) is 57.9 cm³/mol. The second-order valence-corrected chi connectivity index (χ2v) is 3.56. The van der Waals surface area contributed by atoms with Crippen LogP contribution in [0.3, 0.4) is 0 Å². The number of nitrogens with one attached hydrogen (secondary N) is 1. The van der Waals surface area contributed by atoms with Crippen molar-refractivity contribution in [3.63, 3.8) is 0 Å². The van der Waals surface area contributed by atoms with Crippen LogP contribution in [0.25, 0.3) is 11.3 Å². The molecule has 0 aliphatic rings. The van der Waals surface area contributed by atoms with Gasteiger partial charge in [-0.2, -0.15) is 5.10 Å². The molecule has 78 valence electrons. The van der Waals surface area contributed by atoms with E-state index in [1.807, 2.05) is 32.0 Å². The van der Waals surface area contributed by atoms with E-state index in [1.165, 1.54) is 0 Å². The Morgan fingerprint density at radius 2 is 1.87 bits per heavy atom. The van der Waals surface area contributed by atoms with Gasteiger partial charge in [0.2, 0.25) is 0 Å². The van der Waals surface area contributed by atoms with E-state index in [2.05, 4.69) is 10.2 Å². The van der Waals surface area contributed by atoms with Crippen LogP contribution < -0.4 is 5.73 Å². The van der Waals surface area contributed by atoms with E-state index in [0.717, 1.165) is 16.7 Å². The molecule has 1 aromatic carbocycles. The first kappa shape index (κ1) is 9.71. The van der Waals surface area contributed by atoms with Crippen molar-refractivity contribution in [3.05, 3.63) is 35.1 Å². The van der Waals surface area contributed by atoms with Gasteiger partial charge in [-0.1, -0.05) is 18.2 Å². The highest BCUT2D eigenvalue weighted by Crippen LogP contribution is 2.29. The second kappa shape index (κ2) is 3.38. The van der Waals surface area contributed by atoms with Crippen molar-refractivity contribution in [1.82, 2.24) is 10.2 Å². The van der Waals surface area contributed by atoms with Gasteiger partial charge in [-0.05, 0) is 25.0 Å². The quantitative estimate of drug-likeness (QED) is 0.751. The minimum atomic E-state index is -0.479. The fourth-order valence-electron chi connectivity index (χ4n) is 1.72. The molecule has 0 atom stereocenters. The zero-order valence-electron chi connectivity index (χ0n) is 8.63. The largest absolute Gasteiger partial charge is 0.380 e. The van der Waals surface area contributed by atoms with Crippen LogP contribution in [0, 0.1) is 19.7 Å². The molecule has 0 saturated carbocycles. The van der Waals surface area contributed by atoms with Crippen LogP contribution in [0.1, 0.15) is 11.1 Å². The van der Waals surface area contributed by atoms with E-state index >= 15 is 0 Å². The molecular weight excluding hydrogens is 193 g/mol. The lowest BCUT2D eigenvalue weighted by Gasteiger charge is -2.06. The summed E-state index contributed by atoms with van der Waals surface area (Å²) in [6.07, 6.45) is 0. The highest BCUT2D eigenvalue weighted by molar-refractivity contribution is 5.69. The first-order chi connectivity index (χ1) is 7.11. The number of H-pyrrole nitrogens is 1. The van der Waals surface area contributed by atoms with E-state index in [9.17, 15) is 4.39 Å². The summed E-state index contributed by atoms with van der Waals surface area (Å²) in [6.45, 7) is 3.86. The maximum Gasteiger partial charge on any atom is 0.192 e. The smallest absolute Gasteiger partial charge is 0.192 e. The SMILES string of the molecule is Cc1cccc(C)c1-c1[nH]nc(N)c1F. The molecule has 2 aromatic rings. The number of anilines is 1. The summed E-state index contributed by atoms with van der Waals surface area (Å²) >= 11 is 0. The third-order valence-corrected chi connectivity index (χ3v) is 2.46. The summed E-state index contributed by atoms with van der Waals surface area (Å²) in [6, 6.07) is 5.80. The van der Waals surface area contributed by atoms with Crippen molar-refractivity contribution < 1.29 is 4.39 Å². The topological polar surface area (TPSA) is 54.7 Å². The third kappa shape index (κ3) is 1.48. The van der Waals surface area contributed by atoms with Gasteiger partial charge in [0.15, 0.2) is 11.6 Å². The van der Waals surface area contributed by atoms with Crippen molar-refractivity contribution in [2.24, 2.45) is 0 Å². The number of nitrogen functional groups attached to an aromatic ring is 1. The Labute approximate surface area is 87.1 Å². The van der Waals surface area contributed by atoms with Crippen LogP contribution in [-0.2, 0) is 0 Å². The van der Waals surface area contributed by atoms with Gasteiger partial charge in [0.25, 0.3) is 0 Å². The van der Waals surface area contributed by atoms with Gasteiger partial charge in [-0.3, -0.25) is 5.10 Å². The normalized spacial score (nSPS) is 10.6. The third-order valence-electron chi connectivity index (χ3n) is 2.46. The van der Waals surface area contributed by atoms with Gasteiger partial charge in [-0.15, -0.1) is 0 Å². The highest BCUT2D eigenvalue weighted by Gasteiger charge is 2.15. The average Bonchev–Trinajstić information content (AvgIpc) is 2.49. The zero-order valence-corrected chi connectivity index (χ0v) is 8.63. The maximum atomic E-state index is 13.6. The maximum absolute atomic E-state index is 13.6. The molecule has 0 saturated heterocycles. The fraction of sp³-hybridized carbons (Fsp3) is 0.182. The molecule has 3 nitrogen and oxygen atoms in total. The molecule has 0 spiro atoms. The predicted octanol–water partition coefficient (Wildman–Crippen LogP) is 2.41. The van der Waals surface area contributed by atoms with Crippen molar-refractivity contribution in [2.75, 3.05) is 5.73 Å². The summed E-state index contributed by atoms with van der Waals surface area (Å²) in [7, 11) is 0. The average molecular weight is 205 g/mol. The summed E-state index contributed by atoms with van der Waals surface area (Å²) in [5.41, 5.74) is 8.55. The Morgan fingerprint density at radius 3 is 2.33 bits per heavy atom. The summed E-state index contributed by atoms with van der Waals surface area (Å²) in [5.74, 6) is -0.569. The highest BCUT2D eigenvalue weighted by atomic mass is 19.1. The standard InChI is InChI=1S/C11H12FN3/c1-6-4-3-5-7(2)8(6)10-9(12)11(13)15-14-10/h3-5H,1-2H3,(H3,13,14,15). The number of aryl methyl sites for hydroxylation is 2. The molecular formula is C11H12FN3. The molecule has 4 heteroatoms. The van der Waals surface area contributed by atoms with Crippen LogP contribution in [0.15, 0.2) is 18.2 Å². The fourth-order valence-corrected chi connectivity index (χ4v) is 1.72. The summed E-state index contributed by atoms with van der Waals surface area (Å²) in [5, 5.41) is 6.27. The van der Waals surface area contributed by atoms with Gasteiger partial charge >= 0.3 is 0 Å². The van der Waals surface area contributed by atoms with Crippen molar-refractivity contribution in [2.45, 2.75) is 13.8 Å². The van der Waals surface area contributed by atoms with E-state index in [-0.39, 0.29) is 5.82 Å².